The number of aryl methyl sites for hydroxylation is 1. The Balaban J connectivity index is 1.20. The van der Waals surface area contributed by atoms with Crippen LogP contribution >= 0.6 is 11.8 Å². The topological polar surface area (TPSA) is 96.5 Å². The second-order valence-corrected chi connectivity index (χ2v) is 11.0. The van der Waals surface area contributed by atoms with E-state index < -0.39 is 5.91 Å². The Morgan fingerprint density at radius 2 is 1.36 bits per heavy atom. The molecule has 0 aliphatic rings. The molecule has 0 fully saturated rings. The molecule has 0 saturated carbocycles. The predicted molar refractivity (Wildman–Crippen MR) is 180 cm³/mol. The number of benzene rings is 5. The van der Waals surface area contributed by atoms with E-state index in [2.05, 4.69) is 16.0 Å². The van der Waals surface area contributed by atoms with Crippen molar-refractivity contribution in [1.29, 1.82) is 0 Å². The van der Waals surface area contributed by atoms with E-state index in [1.807, 2.05) is 73.7 Å². The third-order valence-electron chi connectivity index (χ3n) is 6.60. The summed E-state index contributed by atoms with van der Waals surface area (Å²) < 4.78 is 5.80. The van der Waals surface area contributed by atoms with Crippen molar-refractivity contribution in [2.75, 3.05) is 16.4 Å². The lowest BCUT2D eigenvalue weighted by Crippen LogP contribution is -2.30. The van der Waals surface area contributed by atoms with Crippen LogP contribution in [0.15, 0.2) is 144 Å². The van der Waals surface area contributed by atoms with Crippen molar-refractivity contribution in [2.24, 2.45) is 0 Å². The third-order valence-corrected chi connectivity index (χ3v) is 7.59. The first-order valence-corrected chi connectivity index (χ1v) is 15.2. The van der Waals surface area contributed by atoms with Crippen LogP contribution in [-0.2, 0) is 9.59 Å². The zero-order valence-corrected chi connectivity index (χ0v) is 25.3. The molecule has 0 aromatic heterocycles. The number of thioether (sulfide) groups is 1. The number of hydrogen-bond donors (Lipinski definition) is 3. The number of nitrogens with one attached hydrogen (secondary N) is 3. The number of anilines is 2. The van der Waals surface area contributed by atoms with Crippen LogP contribution in [0.25, 0.3) is 6.08 Å². The molecule has 224 valence electrons. The molecule has 0 spiro atoms. The maximum atomic E-state index is 13.4. The lowest BCUT2D eigenvalue weighted by atomic mass is 10.1. The highest BCUT2D eigenvalue weighted by atomic mass is 32.2. The van der Waals surface area contributed by atoms with Crippen LogP contribution < -0.4 is 20.7 Å². The first kappa shape index (κ1) is 30.8. The van der Waals surface area contributed by atoms with Gasteiger partial charge in [-0.05, 0) is 90.9 Å². The smallest absolute Gasteiger partial charge is 0.272 e. The van der Waals surface area contributed by atoms with E-state index in [-0.39, 0.29) is 23.3 Å². The van der Waals surface area contributed by atoms with Crippen LogP contribution in [0.2, 0.25) is 0 Å². The molecule has 3 amide bonds. The zero-order chi connectivity index (χ0) is 31.4. The van der Waals surface area contributed by atoms with E-state index in [1.54, 1.807) is 72.8 Å². The summed E-state index contributed by atoms with van der Waals surface area (Å²) >= 11 is 1.34. The molecule has 45 heavy (non-hydrogen) atoms. The van der Waals surface area contributed by atoms with E-state index >= 15 is 0 Å². The van der Waals surface area contributed by atoms with Gasteiger partial charge in [-0.2, -0.15) is 0 Å². The van der Waals surface area contributed by atoms with E-state index in [0.717, 1.165) is 21.8 Å². The van der Waals surface area contributed by atoms with Crippen LogP contribution in [0, 0.1) is 6.92 Å². The third kappa shape index (κ3) is 9.19. The van der Waals surface area contributed by atoms with Crippen LogP contribution in [0.3, 0.4) is 0 Å². The van der Waals surface area contributed by atoms with Crippen molar-refractivity contribution in [2.45, 2.75) is 11.8 Å². The Kier molecular flexibility index (Phi) is 10.4. The summed E-state index contributed by atoms with van der Waals surface area (Å²) in [6.45, 7) is 1.94. The average Bonchev–Trinajstić information content (AvgIpc) is 3.06. The Hall–Kier alpha value is -5.60. The van der Waals surface area contributed by atoms with Gasteiger partial charge in [0.15, 0.2) is 0 Å². The van der Waals surface area contributed by atoms with E-state index in [1.165, 1.54) is 11.8 Å². The number of carbonyl (C=O) groups excluding carboxylic acids is 3. The van der Waals surface area contributed by atoms with Crippen LogP contribution in [-0.4, -0.2) is 23.5 Å². The highest BCUT2D eigenvalue weighted by molar-refractivity contribution is 8.00. The quantitative estimate of drug-likeness (QED) is 0.104. The molecule has 7 nitrogen and oxygen atoms in total. The van der Waals surface area contributed by atoms with Crippen molar-refractivity contribution < 1.29 is 19.1 Å². The summed E-state index contributed by atoms with van der Waals surface area (Å²) in [7, 11) is 0. The number of rotatable bonds is 11. The Morgan fingerprint density at radius 3 is 2.09 bits per heavy atom. The minimum atomic E-state index is -0.470. The molecule has 0 aliphatic heterocycles. The van der Waals surface area contributed by atoms with Gasteiger partial charge in [-0.1, -0.05) is 66.7 Å². The molecule has 0 heterocycles. The van der Waals surface area contributed by atoms with E-state index in [4.69, 9.17) is 4.74 Å². The standard InChI is InChI=1S/C37H31N3O4S/c1-26-11-8-9-14-28(26)23-34(40-36(42)27-12-4-2-5-13-27)37(43)39-30-15-10-18-33(24-30)45-25-35(41)38-29-19-21-32(22-20-29)44-31-16-6-3-7-17-31/h2-24H,25H2,1H3,(H,38,41)(H,39,43)(H,40,42)/b34-23-. The molecular weight excluding hydrogens is 582 g/mol. The number of amides is 3. The highest BCUT2D eigenvalue weighted by Crippen LogP contribution is 2.25. The number of hydrogen-bond acceptors (Lipinski definition) is 5. The fourth-order valence-electron chi connectivity index (χ4n) is 4.29. The fourth-order valence-corrected chi connectivity index (χ4v) is 5.04. The lowest BCUT2D eigenvalue weighted by molar-refractivity contribution is -0.114. The molecule has 0 bridgehead atoms. The van der Waals surface area contributed by atoms with E-state index in [9.17, 15) is 14.4 Å². The maximum absolute atomic E-state index is 13.4. The number of ether oxygens (including phenoxy) is 1. The van der Waals surface area contributed by atoms with Gasteiger partial charge in [0.2, 0.25) is 5.91 Å². The Bertz CT molecular complexity index is 1810. The van der Waals surface area contributed by atoms with Crippen molar-refractivity contribution in [1.82, 2.24) is 5.32 Å². The zero-order valence-electron chi connectivity index (χ0n) is 24.5. The molecule has 0 aliphatic carbocycles. The molecular formula is C37H31N3O4S. The molecule has 0 atom stereocenters. The summed E-state index contributed by atoms with van der Waals surface area (Å²) in [5, 5.41) is 8.54. The summed E-state index contributed by atoms with van der Waals surface area (Å²) in [6, 6.07) is 40.2. The fraction of sp³-hybridized carbons (Fsp3) is 0.0541. The summed E-state index contributed by atoms with van der Waals surface area (Å²) in [6.07, 6.45) is 1.66. The van der Waals surface area contributed by atoms with Gasteiger partial charge < -0.3 is 20.7 Å². The minimum absolute atomic E-state index is 0.107. The molecule has 8 heteroatoms. The van der Waals surface area contributed by atoms with Gasteiger partial charge >= 0.3 is 0 Å². The van der Waals surface area contributed by atoms with Crippen molar-refractivity contribution in [3.8, 4) is 11.5 Å². The molecule has 0 radical (unpaired) electrons. The van der Waals surface area contributed by atoms with E-state index in [0.29, 0.717) is 22.7 Å². The molecule has 5 aromatic carbocycles. The first-order chi connectivity index (χ1) is 21.9. The van der Waals surface area contributed by atoms with Crippen molar-refractivity contribution >= 4 is 46.9 Å². The second-order valence-electron chi connectivity index (χ2n) is 9.99. The molecule has 3 N–H and O–H groups in total. The largest absolute Gasteiger partial charge is 0.457 e. The van der Waals surface area contributed by atoms with Crippen LogP contribution in [0.4, 0.5) is 11.4 Å². The molecule has 0 unspecified atom stereocenters. The normalized spacial score (nSPS) is 10.9. The molecule has 5 aromatic rings. The van der Waals surface area contributed by atoms with Gasteiger partial charge in [0.25, 0.3) is 11.8 Å². The van der Waals surface area contributed by atoms with Crippen molar-refractivity contribution in [3.63, 3.8) is 0 Å². The lowest BCUT2D eigenvalue weighted by Gasteiger charge is -2.13. The van der Waals surface area contributed by atoms with Crippen LogP contribution in [0.5, 0.6) is 11.5 Å². The molecule has 5 rings (SSSR count). The van der Waals surface area contributed by atoms with Gasteiger partial charge in [-0.25, -0.2) is 0 Å². The SMILES string of the molecule is Cc1ccccc1/C=C(\NC(=O)c1ccccc1)C(=O)Nc1cccc(SCC(=O)Nc2ccc(Oc3ccccc3)cc2)c1. The molecule has 0 saturated heterocycles. The summed E-state index contributed by atoms with van der Waals surface area (Å²) in [5.41, 5.74) is 3.51. The van der Waals surface area contributed by atoms with Gasteiger partial charge in [0.05, 0.1) is 5.75 Å². The van der Waals surface area contributed by atoms with Gasteiger partial charge in [-0.3, -0.25) is 14.4 Å². The first-order valence-electron chi connectivity index (χ1n) is 14.2. The minimum Gasteiger partial charge on any atom is -0.457 e. The number of carbonyl (C=O) groups is 3. The summed E-state index contributed by atoms with van der Waals surface area (Å²) in [5.74, 6) is 0.550. The second kappa shape index (κ2) is 15.2. The summed E-state index contributed by atoms with van der Waals surface area (Å²) in [4.78, 5) is 39.8. The van der Waals surface area contributed by atoms with Crippen LogP contribution in [0.1, 0.15) is 21.5 Å². The van der Waals surface area contributed by atoms with Gasteiger partial charge in [0, 0.05) is 21.8 Å². The highest BCUT2D eigenvalue weighted by Gasteiger charge is 2.16. The Labute approximate surface area is 266 Å². The predicted octanol–water partition coefficient (Wildman–Crippen LogP) is 7.93. The van der Waals surface area contributed by atoms with Gasteiger partial charge in [-0.15, -0.1) is 11.8 Å². The monoisotopic (exact) mass is 613 g/mol. The van der Waals surface area contributed by atoms with Gasteiger partial charge in [0.1, 0.15) is 17.2 Å². The Morgan fingerprint density at radius 1 is 0.689 bits per heavy atom. The average molecular weight is 614 g/mol. The number of para-hydroxylation sites is 1. The van der Waals surface area contributed by atoms with Crippen molar-refractivity contribution in [3.05, 3.63) is 156 Å². The maximum Gasteiger partial charge on any atom is 0.272 e.